The summed E-state index contributed by atoms with van der Waals surface area (Å²) in [7, 11) is 0. The van der Waals surface area contributed by atoms with Crippen LogP contribution in [0.5, 0.6) is 11.5 Å². The van der Waals surface area contributed by atoms with E-state index in [9.17, 15) is 4.79 Å². The molecule has 1 amide bonds. The first kappa shape index (κ1) is 18.8. The van der Waals surface area contributed by atoms with Gasteiger partial charge < -0.3 is 19.7 Å². The van der Waals surface area contributed by atoms with Gasteiger partial charge in [0, 0.05) is 50.5 Å². The molecule has 4 rings (SSSR count). The van der Waals surface area contributed by atoms with Crippen molar-refractivity contribution in [3.63, 3.8) is 0 Å². The molecule has 2 aromatic rings. The first-order valence-electron chi connectivity index (χ1n) is 9.38. The third-order valence-electron chi connectivity index (χ3n) is 4.94. The molecule has 0 saturated carbocycles. The summed E-state index contributed by atoms with van der Waals surface area (Å²) in [6.07, 6.45) is 1.82. The van der Waals surface area contributed by atoms with Gasteiger partial charge in [0.15, 0.2) is 11.5 Å². The molecular formula is C20H23ClN4O3. The van der Waals surface area contributed by atoms with E-state index in [4.69, 9.17) is 21.1 Å². The minimum absolute atomic E-state index is 0.0121. The summed E-state index contributed by atoms with van der Waals surface area (Å²) in [6, 6.07) is 9.27. The van der Waals surface area contributed by atoms with Gasteiger partial charge in [0.05, 0.1) is 5.02 Å². The number of ether oxygens (including phenoxy) is 2. The smallest absolute Gasteiger partial charge is 0.251 e. The largest absolute Gasteiger partial charge is 0.454 e. The molecule has 8 heteroatoms. The Morgan fingerprint density at radius 2 is 2.07 bits per heavy atom. The van der Waals surface area contributed by atoms with Gasteiger partial charge >= 0.3 is 0 Å². The fourth-order valence-corrected chi connectivity index (χ4v) is 3.80. The highest BCUT2D eigenvalue weighted by Gasteiger charge is 2.23. The molecule has 28 heavy (non-hydrogen) atoms. The van der Waals surface area contributed by atoms with Crippen LogP contribution in [0.1, 0.15) is 17.3 Å². The van der Waals surface area contributed by atoms with Gasteiger partial charge in [0.25, 0.3) is 5.91 Å². The lowest BCUT2D eigenvalue weighted by Gasteiger charge is -2.36. The minimum Gasteiger partial charge on any atom is -0.454 e. The van der Waals surface area contributed by atoms with Crippen LogP contribution in [0.15, 0.2) is 36.5 Å². The molecule has 1 aromatic heterocycles. The number of halogens is 1. The standard InChI is InChI=1S/C20H23ClN4O3/c1-14(12-24-6-8-25(9-7-24)18-4-2-3-5-22-18)23-20(26)15-10-16(21)19-17(11-15)27-13-28-19/h2-5,10-11,14H,6-9,12-13H2,1H3,(H,23,26). The molecule has 148 valence electrons. The van der Waals surface area contributed by atoms with Crippen LogP contribution < -0.4 is 19.7 Å². The molecule has 1 atom stereocenters. The Bertz CT molecular complexity index is 841. The molecule has 1 unspecified atom stereocenters. The molecule has 2 aliphatic rings. The third-order valence-corrected chi connectivity index (χ3v) is 5.23. The van der Waals surface area contributed by atoms with Crippen molar-refractivity contribution in [2.75, 3.05) is 44.4 Å². The lowest BCUT2D eigenvalue weighted by Crippen LogP contribution is -2.51. The van der Waals surface area contributed by atoms with E-state index in [1.54, 1.807) is 12.1 Å². The van der Waals surface area contributed by atoms with E-state index in [2.05, 4.69) is 20.1 Å². The number of benzene rings is 1. The van der Waals surface area contributed by atoms with Crippen molar-refractivity contribution in [2.24, 2.45) is 0 Å². The maximum atomic E-state index is 12.6. The van der Waals surface area contributed by atoms with E-state index in [0.717, 1.165) is 38.5 Å². The number of rotatable bonds is 5. The topological polar surface area (TPSA) is 66.9 Å². The van der Waals surface area contributed by atoms with Gasteiger partial charge in [0.2, 0.25) is 6.79 Å². The summed E-state index contributed by atoms with van der Waals surface area (Å²) in [5.41, 5.74) is 0.473. The third kappa shape index (κ3) is 4.15. The van der Waals surface area contributed by atoms with Gasteiger partial charge in [-0.1, -0.05) is 17.7 Å². The summed E-state index contributed by atoms with van der Waals surface area (Å²) in [5.74, 6) is 1.86. The zero-order valence-electron chi connectivity index (χ0n) is 15.7. The van der Waals surface area contributed by atoms with Crippen molar-refractivity contribution in [3.05, 3.63) is 47.1 Å². The van der Waals surface area contributed by atoms with Crippen LogP contribution in [0, 0.1) is 0 Å². The second-order valence-electron chi connectivity index (χ2n) is 7.04. The van der Waals surface area contributed by atoms with Crippen molar-refractivity contribution in [1.82, 2.24) is 15.2 Å². The Hall–Kier alpha value is -2.51. The Balaban J connectivity index is 1.29. The van der Waals surface area contributed by atoms with Crippen molar-refractivity contribution in [1.29, 1.82) is 0 Å². The van der Waals surface area contributed by atoms with Gasteiger partial charge in [-0.3, -0.25) is 9.69 Å². The molecule has 0 aliphatic carbocycles. The number of anilines is 1. The molecule has 0 radical (unpaired) electrons. The van der Waals surface area contributed by atoms with E-state index in [0.29, 0.717) is 22.1 Å². The van der Waals surface area contributed by atoms with E-state index < -0.39 is 0 Å². The number of fused-ring (bicyclic) bond motifs is 1. The summed E-state index contributed by atoms with van der Waals surface area (Å²) in [5, 5.41) is 3.43. The van der Waals surface area contributed by atoms with Crippen LogP contribution in [0.2, 0.25) is 5.02 Å². The van der Waals surface area contributed by atoms with Gasteiger partial charge in [-0.05, 0) is 31.2 Å². The summed E-state index contributed by atoms with van der Waals surface area (Å²) in [4.78, 5) is 21.6. The highest BCUT2D eigenvalue weighted by Crippen LogP contribution is 2.39. The van der Waals surface area contributed by atoms with Gasteiger partial charge in [0.1, 0.15) is 5.82 Å². The first-order valence-corrected chi connectivity index (χ1v) is 9.76. The Morgan fingerprint density at radius 3 is 2.82 bits per heavy atom. The van der Waals surface area contributed by atoms with Crippen LogP contribution in [0.25, 0.3) is 0 Å². The normalized spacial score (nSPS) is 17.4. The zero-order chi connectivity index (χ0) is 19.5. The van der Waals surface area contributed by atoms with E-state index in [-0.39, 0.29) is 18.7 Å². The molecule has 1 saturated heterocycles. The monoisotopic (exact) mass is 402 g/mol. The van der Waals surface area contributed by atoms with Crippen molar-refractivity contribution in [2.45, 2.75) is 13.0 Å². The fraction of sp³-hybridized carbons (Fsp3) is 0.400. The predicted octanol–water partition coefficient (Wildman–Crippen LogP) is 2.40. The van der Waals surface area contributed by atoms with Gasteiger partial charge in [-0.25, -0.2) is 4.98 Å². The van der Waals surface area contributed by atoms with Crippen LogP contribution in [0.3, 0.4) is 0 Å². The van der Waals surface area contributed by atoms with Gasteiger partial charge in [-0.15, -0.1) is 0 Å². The SMILES string of the molecule is CC(CN1CCN(c2ccccn2)CC1)NC(=O)c1cc(Cl)c2c(c1)OCO2. The number of aromatic nitrogens is 1. The maximum absolute atomic E-state index is 12.6. The molecule has 1 N–H and O–H groups in total. The highest BCUT2D eigenvalue weighted by molar-refractivity contribution is 6.32. The zero-order valence-corrected chi connectivity index (χ0v) is 16.5. The predicted molar refractivity (Wildman–Crippen MR) is 107 cm³/mol. The highest BCUT2D eigenvalue weighted by atomic mass is 35.5. The minimum atomic E-state index is -0.167. The number of nitrogens with one attached hydrogen (secondary N) is 1. The second kappa shape index (κ2) is 8.24. The lowest BCUT2D eigenvalue weighted by molar-refractivity contribution is 0.0927. The number of piperazine rings is 1. The lowest BCUT2D eigenvalue weighted by atomic mass is 10.1. The number of amides is 1. The number of carbonyl (C=O) groups excluding carboxylic acids is 1. The summed E-state index contributed by atoms with van der Waals surface area (Å²) in [6.45, 7) is 6.66. The molecule has 7 nitrogen and oxygen atoms in total. The molecule has 0 bridgehead atoms. The number of hydrogen-bond donors (Lipinski definition) is 1. The Labute approximate surface area is 169 Å². The average molecular weight is 403 g/mol. The molecule has 3 heterocycles. The van der Waals surface area contributed by atoms with E-state index >= 15 is 0 Å². The van der Waals surface area contributed by atoms with Crippen LogP contribution in [-0.2, 0) is 0 Å². The number of carbonyl (C=O) groups is 1. The van der Waals surface area contributed by atoms with Crippen molar-refractivity contribution < 1.29 is 14.3 Å². The molecule has 1 aromatic carbocycles. The fourth-order valence-electron chi connectivity index (χ4n) is 3.54. The summed E-state index contributed by atoms with van der Waals surface area (Å²) < 4.78 is 10.6. The van der Waals surface area contributed by atoms with Crippen molar-refractivity contribution >= 4 is 23.3 Å². The quantitative estimate of drug-likeness (QED) is 0.828. The summed E-state index contributed by atoms with van der Waals surface area (Å²) >= 11 is 6.17. The van der Waals surface area contributed by atoms with Crippen LogP contribution in [-0.4, -0.2) is 61.3 Å². The van der Waals surface area contributed by atoms with Gasteiger partial charge in [-0.2, -0.15) is 0 Å². The van der Waals surface area contributed by atoms with Crippen molar-refractivity contribution in [3.8, 4) is 11.5 Å². The first-order chi connectivity index (χ1) is 13.6. The second-order valence-corrected chi connectivity index (χ2v) is 7.45. The van der Waals surface area contributed by atoms with E-state index in [1.165, 1.54) is 0 Å². The number of hydrogen-bond acceptors (Lipinski definition) is 6. The molecule has 1 fully saturated rings. The molecule has 0 spiro atoms. The maximum Gasteiger partial charge on any atom is 0.251 e. The van der Waals surface area contributed by atoms with Crippen LogP contribution in [0.4, 0.5) is 5.82 Å². The Kier molecular flexibility index (Phi) is 5.54. The Morgan fingerprint density at radius 1 is 1.25 bits per heavy atom. The van der Waals surface area contributed by atoms with E-state index in [1.807, 2.05) is 31.3 Å². The van der Waals surface area contributed by atoms with Crippen LogP contribution >= 0.6 is 11.6 Å². The number of nitrogens with zero attached hydrogens (tertiary/aromatic N) is 3. The average Bonchev–Trinajstić information content (AvgIpc) is 3.18. The number of pyridine rings is 1. The molecular weight excluding hydrogens is 380 g/mol. The molecule has 2 aliphatic heterocycles.